The van der Waals surface area contributed by atoms with Crippen molar-refractivity contribution in [2.45, 2.75) is 0 Å². The van der Waals surface area contributed by atoms with E-state index in [4.69, 9.17) is 0 Å². The van der Waals surface area contributed by atoms with Crippen molar-refractivity contribution < 1.29 is 0 Å². The third-order valence-corrected chi connectivity index (χ3v) is 2.57. The number of benzene rings is 2. The predicted octanol–water partition coefficient (Wildman–Crippen LogP) is 1.79. The van der Waals surface area contributed by atoms with Gasteiger partial charge in [-0.05, 0) is 22.9 Å². The lowest BCUT2D eigenvalue weighted by molar-refractivity contribution is 1.67. The van der Waals surface area contributed by atoms with Crippen molar-refractivity contribution in [2.75, 3.05) is 0 Å². The maximum absolute atomic E-state index is 3.17. The van der Waals surface area contributed by atoms with Crippen molar-refractivity contribution in [3.63, 3.8) is 0 Å². The number of hydrogen-bond acceptors (Lipinski definition) is 0. The zero-order chi connectivity index (χ0) is 11.4. The molecule has 6 radical (unpaired) electrons. The first-order valence-electron chi connectivity index (χ1n) is 4.74. The second kappa shape index (κ2) is 4.85. The lowest BCUT2D eigenvalue weighted by Crippen LogP contribution is -1.84. The predicted molar refractivity (Wildman–Crippen MR) is 69.2 cm³/mol. The van der Waals surface area contributed by atoms with Crippen molar-refractivity contribution in [1.82, 2.24) is 0 Å². The maximum atomic E-state index is 3.17. The molecule has 0 atom stereocenters. The molecule has 2 rings (SSSR count). The normalized spacial score (nSPS) is 8.88. The van der Waals surface area contributed by atoms with E-state index in [0.29, 0.717) is 0 Å². The zero-order valence-electron chi connectivity index (χ0n) is 8.46. The average molecular weight is 230 g/mol. The van der Waals surface area contributed by atoms with Gasteiger partial charge in [0.25, 0.3) is 0 Å². The van der Waals surface area contributed by atoms with E-state index in [1.165, 1.54) is 0 Å². The summed E-state index contributed by atoms with van der Waals surface area (Å²) in [4.78, 5) is 0. The minimum absolute atomic E-state index is 1.00. The van der Waals surface area contributed by atoms with Crippen LogP contribution >= 0.6 is 0 Å². The van der Waals surface area contributed by atoms with Crippen LogP contribution in [0.25, 0.3) is 10.8 Å². The van der Waals surface area contributed by atoms with Crippen molar-refractivity contribution >= 4 is 31.3 Å². The fourth-order valence-corrected chi connectivity index (χ4v) is 1.92. The van der Waals surface area contributed by atoms with E-state index >= 15 is 0 Å². The Morgan fingerprint density at radius 3 is 1.50 bits per heavy atom. The highest BCUT2D eigenvalue weighted by molar-refractivity contribution is 6.23. The smallest absolute Gasteiger partial charge is 0.133 e. The molecule has 0 fully saturated rings. The molecule has 0 bridgehead atoms. The molecular formula is C14H6Si2. The van der Waals surface area contributed by atoms with E-state index in [-0.39, 0.29) is 0 Å². The quantitative estimate of drug-likeness (QED) is 0.478. The van der Waals surface area contributed by atoms with Gasteiger partial charge in [0.15, 0.2) is 0 Å². The SMILES string of the molecule is [Si]C#Cc1ccc(C#C[Si])c2ccccc12. The standard InChI is InChI=1S/C14H6Si2/c15-9-7-11-5-6-12(8-10-16)14-4-2-1-3-13(11)14/h1-6H. The Labute approximate surface area is 102 Å². The van der Waals surface area contributed by atoms with Crippen LogP contribution in [0.15, 0.2) is 36.4 Å². The van der Waals surface area contributed by atoms with Gasteiger partial charge in [-0.3, -0.25) is 0 Å². The van der Waals surface area contributed by atoms with Crippen LogP contribution in [0.3, 0.4) is 0 Å². The maximum Gasteiger partial charge on any atom is 0.147 e. The molecule has 0 aromatic heterocycles. The van der Waals surface area contributed by atoms with Crippen molar-refractivity contribution in [2.24, 2.45) is 0 Å². The summed E-state index contributed by atoms with van der Waals surface area (Å²) in [5.74, 6) is 6.05. The largest absolute Gasteiger partial charge is 0.147 e. The molecule has 0 aliphatic heterocycles. The van der Waals surface area contributed by atoms with Crippen molar-refractivity contribution in [3.05, 3.63) is 47.5 Å². The molecule has 0 nitrogen and oxygen atoms in total. The first kappa shape index (κ1) is 10.8. The molecule has 0 saturated carbocycles. The molecule has 2 aromatic rings. The van der Waals surface area contributed by atoms with Gasteiger partial charge >= 0.3 is 0 Å². The lowest BCUT2D eigenvalue weighted by atomic mass is 10.0. The van der Waals surface area contributed by atoms with E-state index in [0.717, 1.165) is 21.9 Å². The lowest BCUT2D eigenvalue weighted by Gasteiger charge is -2.03. The van der Waals surface area contributed by atoms with Crippen LogP contribution < -0.4 is 0 Å². The Balaban J connectivity index is 2.83. The van der Waals surface area contributed by atoms with Gasteiger partial charge in [0.2, 0.25) is 0 Å². The molecule has 16 heavy (non-hydrogen) atoms. The molecule has 0 amide bonds. The highest BCUT2D eigenvalue weighted by Crippen LogP contribution is 2.21. The number of fused-ring (bicyclic) bond motifs is 1. The third kappa shape index (κ3) is 1.94. The first-order valence-corrected chi connectivity index (χ1v) is 5.74. The molecule has 70 valence electrons. The van der Waals surface area contributed by atoms with Gasteiger partial charge in [-0.15, -0.1) is 11.1 Å². The van der Waals surface area contributed by atoms with Crippen LogP contribution in [0, 0.1) is 22.9 Å². The summed E-state index contributed by atoms with van der Waals surface area (Å²) in [6.45, 7) is 0. The van der Waals surface area contributed by atoms with E-state index in [2.05, 4.69) is 55.5 Å². The molecule has 0 N–H and O–H groups in total. The monoisotopic (exact) mass is 230 g/mol. The molecule has 0 saturated heterocycles. The van der Waals surface area contributed by atoms with Gasteiger partial charge in [-0.1, -0.05) is 36.1 Å². The van der Waals surface area contributed by atoms with Gasteiger partial charge < -0.3 is 0 Å². The third-order valence-electron chi connectivity index (χ3n) is 2.32. The van der Waals surface area contributed by atoms with Crippen LogP contribution in [0.1, 0.15) is 11.1 Å². The highest BCUT2D eigenvalue weighted by atomic mass is 28.1. The van der Waals surface area contributed by atoms with Crippen LogP contribution in [-0.2, 0) is 0 Å². The summed E-state index contributed by atoms with van der Waals surface area (Å²) >= 11 is 0. The summed E-state index contributed by atoms with van der Waals surface area (Å²) in [6, 6.07) is 12.1. The minimum atomic E-state index is 1.00. The molecule has 0 unspecified atom stereocenters. The molecule has 0 aliphatic rings. The molecule has 0 heterocycles. The number of hydrogen-bond donors (Lipinski definition) is 0. The molecule has 2 heteroatoms. The summed E-state index contributed by atoms with van der Waals surface area (Å²) < 4.78 is 0. The fraction of sp³-hybridized carbons (Fsp3) is 0. The Morgan fingerprint density at radius 2 is 1.12 bits per heavy atom. The van der Waals surface area contributed by atoms with Crippen molar-refractivity contribution in [3.8, 4) is 22.9 Å². The second-order valence-electron chi connectivity index (χ2n) is 3.21. The number of rotatable bonds is 0. The summed E-state index contributed by atoms with van der Waals surface area (Å²) in [7, 11) is 6.34. The molecular weight excluding hydrogens is 224 g/mol. The second-order valence-corrected chi connectivity index (χ2v) is 3.71. The Morgan fingerprint density at radius 1 is 0.688 bits per heavy atom. The summed E-state index contributed by atoms with van der Waals surface area (Å²) in [6.07, 6.45) is 0. The zero-order valence-corrected chi connectivity index (χ0v) is 10.5. The van der Waals surface area contributed by atoms with Crippen LogP contribution in [0.4, 0.5) is 0 Å². The van der Waals surface area contributed by atoms with Gasteiger partial charge in [-0.25, -0.2) is 0 Å². The van der Waals surface area contributed by atoms with Gasteiger partial charge in [0, 0.05) is 11.1 Å². The highest BCUT2D eigenvalue weighted by Gasteiger charge is 2.01. The van der Waals surface area contributed by atoms with E-state index in [1.54, 1.807) is 0 Å². The van der Waals surface area contributed by atoms with Crippen LogP contribution in [-0.4, -0.2) is 20.5 Å². The van der Waals surface area contributed by atoms with E-state index < -0.39 is 0 Å². The Kier molecular flexibility index (Phi) is 3.26. The van der Waals surface area contributed by atoms with Gasteiger partial charge in [0.05, 0.1) is 0 Å². The van der Waals surface area contributed by atoms with Crippen molar-refractivity contribution in [1.29, 1.82) is 0 Å². The Hall–Kier alpha value is -1.75. The Bertz CT molecular complexity index is 590. The van der Waals surface area contributed by atoms with Gasteiger partial charge in [0.1, 0.15) is 20.5 Å². The fourth-order valence-electron chi connectivity index (χ4n) is 1.65. The minimum Gasteiger partial charge on any atom is -0.133 e. The first-order chi connectivity index (χ1) is 7.86. The summed E-state index contributed by atoms with van der Waals surface area (Å²) in [5.41, 5.74) is 7.48. The molecule has 0 spiro atoms. The molecule has 2 aromatic carbocycles. The average Bonchev–Trinajstić information content (AvgIpc) is 2.33. The van der Waals surface area contributed by atoms with E-state index in [1.807, 2.05) is 24.3 Å². The summed E-state index contributed by atoms with van der Waals surface area (Å²) in [5, 5.41) is 2.25. The topological polar surface area (TPSA) is 0 Å². The van der Waals surface area contributed by atoms with Crippen LogP contribution in [0.2, 0.25) is 0 Å². The van der Waals surface area contributed by atoms with E-state index in [9.17, 15) is 0 Å². The van der Waals surface area contributed by atoms with Gasteiger partial charge in [-0.2, -0.15) is 0 Å². The van der Waals surface area contributed by atoms with Crippen LogP contribution in [0.5, 0.6) is 0 Å². The molecule has 0 aliphatic carbocycles.